The van der Waals surface area contributed by atoms with Gasteiger partial charge in [0.15, 0.2) is 11.5 Å². The number of hydrogen-bond acceptors (Lipinski definition) is 7. The lowest BCUT2D eigenvalue weighted by atomic mass is 10.0. The van der Waals surface area contributed by atoms with Gasteiger partial charge in [-0.3, -0.25) is 19.2 Å². The average molecular weight is 699 g/mol. The van der Waals surface area contributed by atoms with E-state index in [4.69, 9.17) is 25.8 Å². The smallest absolute Gasteiger partial charge is 0.255 e. The number of fused-ring (bicyclic) bond motifs is 1. The van der Waals surface area contributed by atoms with Gasteiger partial charge in [-0.2, -0.15) is 0 Å². The SMILES string of the molecule is C[C@H](COc1ccccc1Oc1cccc(Cl)c1)NC(=O)[C@@H]1CC(=O)N[C@H](Cc2ccccc2)C(=O)N(C)CCOc2ccccc2C(=O)N1. The summed E-state index contributed by atoms with van der Waals surface area (Å²) in [5, 5.41) is 8.87. The van der Waals surface area contributed by atoms with Gasteiger partial charge in [0.2, 0.25) is 17.7 Å². The maximum absolute atomic E-state index is 13.7. The van der Waals surface area contributed by atoms with Gasteiger partial charge in [0.25, 0.3) is 5.91 Å². The Kier molecular flexibility index (Phi) is 12.3. The Morgan fingerprint density at radius 1 is 0.940 bits per heavy atom. The molecule has 0 radical (unpaired) electrons. The molecule has 0 aliphatic carbocycles. The average Bonchev–Trinajstić information content (AvgIpc) is 3.10. The summed E-state index contributed by atoms with van der Waals surface area (Å²) in [5.74, 6) is -0.382. The predicted molar refractivity (Wildman–Crippen MR) is 189 cm³/mol. The molecule has 5 rings (SSSR count). The Morgan fingerprint density at radius 3 is 2.44 bits per heavy atom. The Labute approximate surface area is 295 Å². The molecule has 12 heteroatoms. The molecule has 1 heterocycles. The summed E-state index contributed by atoms with van der Waals surface area (Å²) < 4.78 is 17.9. The summed E-state index contributed by atoms with van der Waals surface area (Å²) in [7, 11) is 1.63. The highest BCUT2D eigenvalue weighted by Crippen LogP contribution is 2.32. The van der Waals surface area contributed by atoms with E-state index in [1.807, 2.05) is 30.3 Å². The van der Waals surface area contributed by atoms with Crippen molar-refractivity contribution < 1.29 is 33.4 Å². The van der Waals surface area contributed by atoms with Crippen LogP contribution in [0.5, 0.6) is 23.0 Å². The second-order valence-corrected chi connectivity index (χ2v) is 12.3. The highest BCUT2D eigenvalue weighted by atomic mass is 35.5. The third kappa shape index (κ3) is 9.99. The number of ether oxygens (including phenoxy) is 3. The van der Waals surface area contributed by atoms with Crippen LogP contribution < -0.4 is 30.2 Å². The normalized spacial score (nSPS) is 17.6. The zero-order chi connectivity index (χ0) is 35.5. The van der Waals surface area contributed by atoms with Gasteiger partial charge < -0.3 is 35.1 Å². The zero-order valence-electron chi connectivity index (χ0n) is 27.8. The molecule has 1 aliphatic rings. The molecule has 0 spiro atoms. The number of carbonyl (C=O) groups is 4. The van der Waals surface area contributed by atoms with Gasteiger partial charge in [0, 0.05) is 18.5 Å². The molecule has 0 fully saturated rings. The number of hydrogen-bond donors (Lipinski definition) is 3. The van der Waals surface area contributed by atoms with Gasteiger partial charge in [-0.15, -0.1) is 0 Å². The van der Waals surface area contributed by atoms with Crippen LogP contribution in [0.3, 0.4) is 0 Å². The summed E-state index contributed by atoms with van der Waals surface area (Å²) in [6, 6.07) is 27.2. The molecule has 11 nitrogen and oxygen atoms in total. The quantitative estimate of drug-likeness (QED) is 0.229. The minimum atomic E-state index is -1.29. The van der Waals surface area contributed by atoms with Crippen molar-refractivity contribution in [2.75, 3.05) is 26.8 Å². The van der Waals surface area contributed by atoms with Gasteiger partial charge in [-0.1, -0.05) is 72.3 Å². The fraction of sp³-hybridized carbons (Fsp3) is 0.263. The van der Waals surface area contributed by atoms with Gasteiger partial charge in [0.1, 0.15) is 36.8 Å². The van der Waals surface area contributed by atoms with Crippen molar-refractivity contribution in [2.24, 2.45) is 0 Å². The van der Waals surface area contributed by atoms with Crippen molar-refractivity contribution in [3.8, 4) is 23.0 Å². The number of nitrogens with one attached hydrogen (secondary N) is 3. The monoisotopic (exact) mass is 698 g/mol. The van der Waals surface area contributed by atoms with Crippen LogP contribution in [0.2, 0.25) is 5.02 Å². The van der Waals surface area contributed by atoms with Crippen molar-refractivity contribution in [1.29, 1.82) is 0 Å². The van der Waals surface area contributed by atoms with E-state index in [1.165, 1.54) is 4.90 Å². The number of nitrogens with zero attached hydrogens (tertiary/aromatic N) is 1. The third-order valence-corrected chi connectivity index (χ3v) is 8.11. The number of halogens is 1. The minimum Gasteiger partial charge on any atom is -0.491 e. The van der Waals surface area contributed by atoms with E-state index in [1.54, 1.807) is 86.8 Å². The second kappa shape index (κ2) is 17.2. The third-order valence-electron chi connectivity index (χ3n) is 7.87. The van der Waals surface area contributed by atoms with Gasteiger partial charge >= 0.3 is 0 Å². The first-order chi connectivity index (χ1) is 24.2. The topological polar surface area (TPSA) is 135 Å². The number of rotatable bonds is 9. The van der Waals surface area contributed by atoms with Crippen LogP contribution in [0.1, 0.15) is 29.3 Å². The lowest BCUT2D eigenvalue weighted by Gasteiger charge is -2.27. The maximum Gasteiger partial charge on any atom is 0.255 e. The molecule has 4 amide bonds. The summed E-state index contributed by atoms with van der Waals surface area (Å²) in [6.07, 6.45) is -0.188. The molecule has 0 saturated heterocycles. The first-order valence-electron chi connectivity index (χ1n) is 16.2. The van der Waals surface area contributed by atoms with Gasteiger partial charge in [0.05, 0.1) is 24.6 Å². The molecule has 4 aromatic rings. The van der Waals surface area contributed by atoms with E-state index >= 15 is 0 Å². The lowest BCUT2D eigenvalue weighted by Crippen LogP contribution is -2.54. The van der Waals surface area contributed by atoms with Crippen LogP contribution >= 0.6 is 11.6 Å². The Bertz CT molecular complexity index is 1800. The molecule has 0 saturated carbocycles. The summed E-state index contributed by atoms with van der Waals surface area (Å²) in [4.78, 5) is 55.7. The predicted octanol–water partition coefficient (Wildman–Crippen LogP) is 4.78. The summed E-state index contributed by atoms with van der Waals surface area (Å²) in [6.45, 7) is 2.10. The Morgan fingerprint density at radius 2 is 1.66 bits per heavy atom. The number of carbonyl (C=O) groups excluding carboxylic acids is 4. The molecule has 0 unspecified atom stereocenters. The lowest BCUT2D eigenvalue weighted by molar-refractivity contribution is -0.136. The van der Waals surface area contributed by atoms with E-state index in [2.05, 4.69) is 16.0 Å². The standard InChI is InChI=1S/C38H39ClN4O7/c1-25(24-49-33-17-8-9-18-34(33)50-28-14-10-13-27(39)22-28)40-37(46)30-23-35(44)41-31(21-26-11-4-3-5-12-26)38(47)43(2)19-20-48-32-16-7-6-15-29(32)36(45)42-30/h3-18,22,25,30-31H,19-21,23-24H2,1-2H3,(H,40,46)(H,41,44)(H,42,45)/t25-,30+,31-/m1/s1. The number of para-hydroxylation sites is 3. The van der Waals surface area contributed by atoms with Crippen LogP contribution in [-0.2, 0) is 20.8 Å². The highest BCUT2D eigenvalue weighted by Gasteiger charge is 2.30. The molecule has 0 aromatic heterocycles. The van der Waals surface area contributed by atoms with Gasteiger partial charge in [-0.25, -0.2) is 0 Å². The van der Waals surface area contributed by atoms with Crippen molar-refractivity contribution in [3.63, 3.8) is 0 Å². The first kappa shape index (κ1) is 35.7. The minimum absolute atomic E-state index is 0.0468. The fourth-order valence-corrected chi connectivity index (χ4v) is 5.47. The molecule has 50 heavy (non-hydrogen) atoms. The fourth-order valence-electron chi connectivity index (χ4n) is 5.29. The second-order valence-electron chi connectivity index (χ2n) is 11.9. The summed E-state index contributed by atoms with van der Waals surface area (Å²) in [5.41, 5.74) is 1.04. The van der Waals surface area contributed by atoms with Crippen LogP contribution in [0.4, 0.5) is 0 Å². The molecule has 1 aliphatic heterocycles. The molecule has 3 atom stereocenters. The molecule has 260 valence electrons. The Hall–Kier alpha value is -5.55. The molecular formula is C38H39ClN4O7. The first-order valence-corrected chi connectivity index (χ1v) is 16.6. The maximum atomic E-state index is 13.7. The van der Waals surface area contributed by atoms with E-state index in [-0.39, 0.29) is 43.4 Å². The van der Waals surface area contributed by atoms with Crippen LogP contribution in [0.25, 0.3) is 0 Å². The van der Waals surface area contributed by atoms with Crippen LogP contribution in [-0.4, -0.2) is 73.5 Å². The number of benzene rings is 4. The van der Waals surface area contributed by atoms with Crippen molar-refractivity contribution >= 4 is 35.2 Å². The van der Waals surface area contributed by atoms with Crippen molar-refractivity contribution in [1.82, 2.24) is 20.9 Å². The Balaban J connectivity index is 1.31. The number of amides is 4. The van der Waals surface area contributed by atoms with E-state index in [9.17, 15) is 19.2 Å². The van der Waals surface area contributed by atoms with E-state index in [0.717, 1.165) is 5.56 Å². The largest absolute Gasteiger partial charge is 0.491 e. The molecular weight excluding hydrogens is 660 g/mol. The van der Waals surface area contributed by atoms with Crippen molar-refractivity contribution in [3.05, 3.63) is 119 Å². The highest BCUT2D eigenvalue weighted by molar-refractivity contribution is 6.30. The molecule has 4 aromatic carbocycles. The van der Waals surface area contributed by atoms with E-state index < -0.39 is 42.3 Å². The number of likely N-dealkylation sites (N-methyl/N-ethyl adjacent to an activating group) is 1. The van der Waals surface area contributed by atoms with E-state index in [0.29, 0.717) is 22.3 Å². The van der Waals surface area contributed by atoms with Crippen LogP contribution in [0.15, 0.2) is 103 Å². The van der Waals surface area contributed by atoms with Crippen molar-refractivity contribution in [2.45, 2.75) is 37.9 Å². The van der Waals surface area contributed by atoms with Crippen LogP contribution in [0, 0.1) is 0 Å². The van der Waals surface area contributed by atoms with Gasteiger partial charge in [-0.05, 0) is 55.0 Å². The molecule has 0 bridgehead atoms. The summed E-state index contributed by atoms with van der Waals surface area (Å²) >= 11 is 6.10. The molecule has 3 N–H and O–H groups in total. The zero-order valence-corrected chi connectivity index (χ0v) is 28.5.